The van der Waals surface area contributed by atoms with Gasteiger partial charge in [0.1, 0.15) is 17.2 Å². The molecule has 0 spiro atoms. The molecule has 1 atom stereocenters. The van der Waals surface area contributed by atoms with Gasteiger partial charge in [-0.3, -0.25) is 9.69 Å². The second-order valence-corrected chi connectivity index (χ2v) is 10.6. The number of halogens is 2. The Morgan fingerprint density at radius 2 is 1.56 bits per heavy atom. The molecule has 4 rings (SSSR count). The summed E-state index contributed by atoms with van der Waals surface area (Å²) in [5.74, 6) is -2.62. The third kappa shape index (κ3) is 4.68. The van der Waals surface area contributed by atoms with Gasteiger partial charge in [0.05, 0.1) is 6.67 Å². The molecule has 182 valence electrons. The Balaban J connectivity index is 1.36. The number of hydrogen-bond donors (Lipinski definition) is 1. The van der Waals surface area contributed by atoms with Gasteiger partial charge in [0.2, 0.25) is 10.0 Å². The van der Waals surface area contributed by atoms with Crippen LogP contribution in [0.1, 0.15) is 18.9 Å². The average Bonchev–Trinajstić information content (AvgIpc) is 3.02. The SMILES string of the molecule is CC1(CCc2ccccc2)NC(=O)N(CN2CCN(S(=O)(=O)c3c(F)cccc3F)CC2)C1=O. The van der Waals surface area contributed by atoms with Crippen molar-refractivity contribution in [3.05, 3.63) is 65.7 Å². The lowest BCUT2D eigenvalue weighted by atomic mass is 9.93. The maximum Gasteiger partial charge on any atom is 0.326 e. The summed E-state index contributed by atoms with van der Waals surface area (Å²) in [5, 5.41) is 2.78. The normalized spacial score (nSPS) is 22.3. The summed E-state index contributed by atoms with van der Waals surface area (Å²) in [4.78, 5) is 27.5. The zero-order valence-electron chi connectivity index (χ0n) is 18.7. The first-order chi connectivity index (χ1) is 16.1. The van der Waals surface area contributed by atoms with Crippen LogP contribution >= 0.6 is 0 Å². The van der Waals surface area contributed by atoms with Crippen LogP contribution in [-0.2, 0) is 21.2 Å². The fraction of sp³-hybridized carbons (Fsp3) is 0.391. The number of nitrogens with one attached hydrogen (secondary N) is 1. The maximum atomic E-state index is 14.0. The molecule has 0 bridgehead atoms. The van der Waals surface area contributed by atoms with Gasteiger partial charge in [-0.05, 0) is 37.5 Å². The van der Waals surface area contributed by atoms with Crippen LogP contribution in [0.25, 0.3) is 0 Å². The van der Waals surface area contributed by atoms with Crippen LogP contribution in [0, 0.1) is 11.6 Å². The summed E-state index contributed by atoms with van der Waals surface area (Å²) in [6, 6.07) is 12.1. The molecule has 11 heteroatoms. The highest BCUT2D eigenvalue weighted by atomic mass is 32.2. The quantitative estimate of drug-likeness (QED) is 0.599. The summed E-state index contributed by atoms with van der Waals surface area (Å²) in [6.45, 7) is 2.06. The summed E-state index contributed by atoms with van der Waals surface area (Å²) in [5.41, 5.74) is 0.0355. The Kier molecular flexibility index (Phi) is 6.70. The smallest absolute Gasteiger partial charge is 0.323 e. The number of imide groups is 1. The molecule has 0 aliphatic carbocycles. The van der Waals surface area contributed by atoms with E-state index < -0.39 is 38.1 Å². The van der Waals surface area contributed by atoms with E-state index in [1.165, 1.54) is 0 Å². The average molecular weight is 493 g/mol. The van der Waals surface area contributed by atoms with Crippen molar-refractivity contribution < 1.29 is 26.8 Å². The Morgan fingerprint density at radius 1 is 0.941 bits per heavy atom. The number of carbonyl (C=O) groups excluding carboxylic acids is 2. The lowest BCUT2D eigenvalue weighted by Crippen LogP contribution is -2.53. The summed E-state index contributed by atoms with van der Waals surface area (Å²) < 4.78 is 54.6. The van der Waals surface area contributed by atoms with E-state index in [0.29, 0.717) is 12.8 Å². The zero-order chi connectivity index (χ0) is 24.5. The van der Waals surface area contributed by atoms with Gasteiger partial charge in [-0.2, -0.15) is 4.31 Å². The predicted octanol–water partition coefficient (Wildman–Crippen LogP) is 2.17. The first kappa shape index (κ1) is 24.2. The fourth-order valence-corrected chi connectivity index (χ4v) is 5.78. The second kappa shape index (κ2) is 9.40. The summed E-state index contributed by atoms with van der Waals surface area (Å²) in [6.07, 6.45) is 1.07. The number of urea groups is 1. The van der Waals surface area contributed by atoms with E-state index >= 15 is 0 Å². The van der Waals surface area contributed by atoms with Gasteiger partial charge in [-0.15, -0.1) is 0 Å². The topological polar surface area (TPSA) is 90.0 Å². The van der Waals surface area contributed by atoms with Crippen molar-refractivity contribution in [1.29, 1.82) is 0 Å². The molecule has 2 aromatic carbocycles. The molecule has 8 nitrogen and oxygen atoms in total. The van der Waals surface area contributed by atoms with E-state index in [1.807, 2.05) is 30.3 Å². The number of nitrogens with zero attached hydrogens (tertiary/aromatic N) is 3. The molecule has 34 heavy (non-hydrogen) atoms. The molecule has 1 N–H and O–H groups in total. The lowest BCUT2D eigenvalue weighted by Gasteiger charge is -2.35. The Bertz CT molecular complexity index is 1170. The fourth-order valence-electron chi connectivity index (χ4n) is 4.25. The number of piperazine rings is 1. The van der Waals surface area contributed by atoms with Crippen LogP contribution in [0.5, 0.6) is 0 Å². The largest absolute Gasteiger partial charge is 0.326 e. The molecular formula is C23H26F2N4O4S. The molecule has 2 aliphatic heterocycles. The van der Waals surface area contributed by atoms with Crippen LogP contribution in [0.4, 0.5) is 13.6 Å². The minimum absolute atomic E-state index is 0.00748. The second-order valence-electron chi connectivity index (χ2n) is 8.70. The number of sulfonamides is 1. The Labute approximate surface area is 197 Å². The van der Waals surface area contributed by atoms with Gasteiger partial charge < -0.3 is 5.32 Å². The number of rotatable bonds is 7. The van der Waals surface area contributed by atoms with E-state index in [4.69, 9.17) is 0 Å². The Hall–Kier alpha value is -2.89. The van der Waals surface area contributed by atoms with Crippen LogP contribution < -0.4 is 5.32 Å². The molecule has 0 aromatic heterocycles. The van der Waals surface area contributed by atoms with Gasteiger partial charge in [-0.25, -0.2) is 26.9 Å². The van der Waals surface area contributed by atoms with Crippen molar-refractivity contribution >= 4 is 22.0 Å². The van der Waals surface area contributed by atoms with Crippen molar-refractivity contribution in [3.8, 4) is 0 Å². The van der Waals surface area contributed by atoms with Crippen molar-refractivity contribution in [2.24, 2.45) is 0 Å². The standard InChI is InChI=1S/C23H26F2N4O4S/c1-23(11-10-17-6-3-2-4-7-17)21(30)29(22(31)26-23)16-27-12-14-28(15-13-27)34(32,33)20-18(24)8-5-9-19(20)25/h2-9H,10-16H2,1H3,(H,26,31). The van der Waals surface area contributed by atoms with Crippen LogP contribution in [0.2, 0.25) is 0 Å². The maximum absolute atomic E-state index is 14.0. The van der Waals surface area contributed by atoms with Gasteiger partial charge >= 0.3 is 6.03 Å². The molecule has 0 saturated carbocycles. The summed E-state index contributed by atoms with van der Waals surface area (Å²) >= 11 is 0. The van der Waals surface area contributed by atoms with Gasteiger partial charge in [0, 0.05) is 26.2 Å². The molecule has 2 fully saturated rings. The van der Waals surface area contributed by atoms with E-state index in [2.05, 4.69) is 5.32 Å². The molecule has 2 aromatic rings. The van der Waals surface area contributed by atoms with Gasteiger partial charge in [0.25, 0.3) is 5.91 Å². The van der Waals surface area contributed by atoms with Crippen molar-refractivity contribution in [2.45, 2.75) is 30.2 Å². The molecular weight excluding hydrogens is 466 g/mol. The van der Waals surface area contributed by atoms with E-state index in [1.54, 1.807) is 11.8 Å². The molecule has 0 radical (unpaired) electrons. The molecule has 2 heterocycles. The molecule has 2 aliphatic rings. The molecule has 1 unspecified atom stereocenters. The van der Waals surface area contributed by atoms with Gasteiger partial charge in [-0.1, -0.05) is 36.4 Å². The molecule has 3 amide bonds. The third-order valence-corrected chi connectivity index (χ3v) is 8.24. The first-order valence-electron chi connectivity index (χ1n) is 11.0. The Morgan fingerprint density at radius 3 is 2.18 bits per heavy atom. The highest BCUT2D eigenvalue weighted by Gasteiger charge is 2.48. The monoisotopic (exact) mass is 492 g/mol. The number of hydrogen-bond acceptors (Lipinski definition) is 5. The number of carbonyl (C=O) groups is 2. The predicted molar refractivity (Wildman–Crippen MR) is 120 cm³/mol. The zero-order valence-corrected chi connectivity index (χ0v) is 19.5. The highest BCUT2D eigenvalue weighted by Crippen LogP contribution is 2.26. The minimum atomic E-state index is -4.35. The number of benzene rings is 2. The van der Waals surface area contributed by atoms with Crippen molar-refractivity contribution in [2.75, 3.05) is 32.8 Å². The third-order valence-electron chi connectivity index (χ3n) is 6.29. The van der Waals surface area contributed by atoms with E-state index in [0.717, 1.165) is 33.0 Å². The lowest BCUT2D eigenvalue weighted by molar-refractivity contribution is -0.132. The minimum Gasteiger partial charge on any atom is -0.323 e. The highest BCUT2D eigenvalue weighted by molar-refractivity contribution is 7.89. The number of aryl methyl sites for hydroxylation is 1. The molecule has 2 saturated heterocycles. The van der Waals surface area contributed by atoms with Gasteiger partial charge in [0.15, 0.2) is 4.90 Å². The van der Waals surface area contributed by atoms with E-state index in [9.17, 15) is 26.8 Å². The first-order valence-corrected chi connectivity index (χ1v) is 12.4. The van der Waals surface area contributed by atoms with Crippen molar-refractivity contribution in [3.63, 3.8) is 0 Å². The van der Waals surface area contributed by atoms with Crippen molar-refractivity contribution in [1.82, 2.24) is 19.4 Å². The van der Waals surface area contributed by atoms with E-state index in [-0.39, 0.29) is 38.8 Å². The van der Waals surface area contributed by atoms with Crippen LogP contribution in [0.3, 0.4) is 0 Å². The summed E-state index contributed by atoms with van der Waals surface area (Å²) in [7, 11) is -4.35. The van der Waals surface area contributed by atoms with Crippen LogP contribution in [0.15, 0.2) is 53.4 Å². The number of amides is 3. The van der Waals surface area contributed by atoms with Crippen LogP contribution in [-0.4, -0.2) is 72.8 Å².